The van der Waals surface area contributed by atoms with Crippen molar-refractivity contribution in [1.29, 1.82) is 0 Å². The van der Waals surface area contributed by atoms with E-state index in [9.17, 15) is 18.0 Å². The number of ether oxygens (including phenoxy) is 1. The van der Waals surface area contributed by atoms with Crippen molar-refractivity contribution in [1.82, 2.24) is 19.1 Å². The fourth-order valence-electron chi connectivity index (χ4n) is 8.40. The summed E-state index contributed by atoms with van der Waals surface area (Å²) in [5, 5.41) is 6.18. The molecule has 3 fully saturated rings. The number of carbonyl (C=O) groups excluding carboxylic acids is 2. The Bertz CT molecular complexity index is 1830. The molecule has 2 aliphatic carbocycles. The SMILES string of the molecule is C=CN(C(=O)C12CC1c1cc(OC)ccc1-c1c(C3CCCCC3)c3ccc(C(=O)NS(N)(=O)=O)cc3n1C2)C1CCN(C)C1. The molecule has 2 amide bonds. The first-order chi connectivity index (χ1) is 21.5. The highest BCUT2D eigenvalue weighted by molar-refractivity contribution is 7.87. The lowest BCUT2D eigenvalue weighted by Crippen LogP contribution is -2.43. The molecule has 2 aromatic carbocycles. The van der Waals surface area contributed by atoms with Gasteiger partial charge in [-0.1, -0.05) is 31.9 Å². The molecular weight excluding hydrogens is 590 g/mol. The largest absolute Gasteiger partial charge is 0.497 e. The number of nitrogens with one attached hydrogen (secondary N) is 1. The predicted molar refractivity (Wildman–Crippen MR) is 173 cm³/mol. The van der Waals surface area contributed by atoms with Crippen molar-refractivity contribution < 1.29 is 22.7 Å². The van der Waals surface area contributed by atoms with Gasteiger partial charge in [0.2, 0.25) is 5.91 Å². The fourth-order valence-corrected chi connectivity index (χ4v) is 8.78. The van der Waals surface area contributed by atoms with Crippen LogP contribution in [-0.2, 0) is 21.5 Å². The highest BCUT2D eigenvalue weighted by atomic mass is 32.2. The summed E-state index contributed by atoms with van der Waals surface area (Å²) >= 11 is 0. The molecule has 45 heavy (non-hydrogen) atoms. The monoisotopic (exact) mass is 631 g/mol. The minimum Gasteiger partial charge on any atom is -0.497 e. The number of hydrogen-bond donors (Lipinski definition) is 2. The molecule has 11 heteroatoms. The van der Waals surface area contributed by atoms with Crippen LogP contribution in [0.5, 0.6) is 5.75 Å². The molecule has 3 unspecified atom stereocenters. The van der Waals surface area contributed by atoms with E-state index in [0.717, 1.165) is 78.7 Å². The van der Waals surface area contributed by atoms with Crippen molar-refractivity contribution >= 4 is 32.9 Å². The van der Waals surface area contributed by atoms with Crippen LogP contribution in [-0.4, -0.2) is 67.9 Å². The molecule has 0 spiro atoms. The van der Waals surface area contributed by atoms with E-state index in [0.29, 0.717) is 18.9 Å². The lowest BCUT2D eigenvalue weighted by Gasteiger charge is -2.30. The number of hydrogen-bond acceptors (Lipinski definition) is 6. The van der Waals surface area contributed by atoms with E-state index in [1.165, 1.54) is 12.0 Å². The Morgan fingerprint density at radius 3 is 2.58 bits per heavy atom. The molecule has 0 bridgehead atoms. The third kappa shape index (κ3) is 5.05. The highest BCUT2D eigenvalue weighted by Crippen LogP contribution is 2.66. The average Bonchev–Trinajstić information content (AvgIpc) is 3.50. The maximum atomic E-state index is 14.7. The van der Waals surface area contributed by atoms with Gasteiger partial charge in [-0.3, -0.25) is 9.59 Å². The fraction of sp³-hybridized carbons (Fsp3) is 0.471. The number of likely N-dealkylation sites (N-methyl/N-ethyl adjacent to an activating group) is 1. The Morgan fingerprint density at radius 2 is 1.91 bits per heavy atom. The number of amides is 2. The van der Waals surface area contributed by atoms with Crippen LogP contribution in [0, 0.1) is 5.41 Å². The van der Waals surface area contributed by atoms with Gasteiger partial charge in [0.05, 0.1) is 24.3 Å². The molecule has 10 nitrogen and oxygen atoms in total. The van der Waals surface area contributed by atoms with E-state index in [2.05, 4.69) is 35.2 Å². The molecular formula is C34H41N5O5S. The Hall–Kier alpha value is -3.67. The lowest BCUT2D eigenvalue weighted by atomic mass is 9.81. The number of benzene rings is 2. The van der Waals surface area contributed by atoms with E-state index >= 15 is 0 Å². The molecule has 3 heterocycles. The van der Waals surface area contributed by atoms with E-state index in [1.807, 2.05) is 21.8 Å². The molecule has 3 N–H and O–H groups in total. The lowest BCUT2D eigenvalue weighted by molar-refractivity contribution is -0.136. The van der Waals surface area contributed by atoms with E-state index < -0.39 is 21.5 Å². The predicted octanol–water partition coefficient (Wildman–Crippen LogP) is 4.46. The van der Waals surface area contributed by atoms with Gasteiger partial charge >= 0.3 is 0 Å². The van der Waals surface area contributed by atoms with Gasteiger partial charge in [-0.2, -0.15) is 8.42 Å². The third-order valence-corrected chi connectivity index (χ3v) is 11.1. The normalized spacial score (nSPS) is 24.7. The van der Waals surface area contributed by atoms with Crippen molar-refractivity contribution in [2.75, 3.05) is 27.2 Å². The standard InChI is InChI=1S/C34H41N5O5S/c1-4-38(23-14-15-37(2)19-23)33(41)34-18-28(34)27-17-24(44-3)11-13-25(27)31-30(21-8-6-5-7-9-21)26-12-10-22(16-29(26)39(31)20-34)32(40)36-45(35,42)43/h4,10-13,16-17,21,23,28H,1,5-9,14-15,18-20H2,2-3H3,(H,36,40)(H2,35,42,43). The van der Waals surface area contributed by atoms with Gasteiger partial charge in [-0.25, -0.2) is 9.86 Å². The molecule has 0 radical (unpaired) electrons. The molecule has 1 aromatic heterocycles. The summed E-state index contributed by atoms with van der Waals surface area (Å²) in [4.78, 5) is 31.8. The van der Waals surface area contributed by atoms with Crippen LogP contribution in [0.1, 0.15) is 78.3 Å². The summed E-state index contributed by atoms with van der Waals surface area (Å²) < 4.78 is 33.3. The van der Waals surface area contributed by atoms with Crippen molar-refractivity contribution in [3.05, 3.63) is 65.9 Å². The number of aromatic nitrogens is 1. The van der Waals surface area contributed by atoms with Gasteiger partial charge < -0.3 is 19.1 Å². The van der Waals surface area contributed by atoms with Crippen LogP contribution >= 0.6 is 0 Å². The van der Waals surface area contributed by atoms with Crippen LogP contribution < -0.4 is 14.6 Å². The first-order valence-electron chi connectivity index (χ1n) is 15.9. The molecule has 2 aliphatic heterocycles. The maximum absolute atomic E-state index is 14.7. The van der Waals surface area contributed by atoms with Crippen molar-refractivity contribution in [2.24, 2.45) is 10.6 Å². The second-order valence-corrected chi connectivity index (χ2v) is 14.7. The summed E-state index contributed by atoms with van der Waals surface area (Å²) in [6.07, 6.45) is 8.94. The van der Waals surface area contributed by atoms with E-state index in [-0.39, 0.29) is 23.4 Å². The van der Waals surface area contributed by atoms with Gasteiger partial charge in [-0.05, 0) is 92.9 Å². The summed E-state index contributed by atoms with van der Waals surface area (Å²) in [5.41, 5.74) is 4.85. The van der Waals surface area contributed by atoms with Gasteiger partial charge in [0.15, 0.2) is 0 Å². The molecule has 3 aromatic rings. The quantitative estimate of drug-likeness (QED) is 0.397. The highest BCUT2D eigenvalue weighted by Gasteiger charge is 2.64. The third-order valence-electron chi connectivity index (χ3n) is 10.6. The van der Waals surface area contributed by atoms with Crippen LogP contribution in [0.25, 0.3) is 22.2 Å². The van der Waals surface area contributed by atoms with Gasteiger partial charge in [0, 0.05) is 41.0 Å². The second-order valence-electron chi connectivity index (χ2n) is 13.4. The second kappa shape index (κ2) is 11.0. The average molecular weight is 632 g/mol. The molecule has 1 saturated heterocycles. The van der Waals surface area contributed by atoms with E-state index in [1.54, 1.807) is 25.4 Å². The van der Waals surface area contributed by atoms with Gasteiger partial charge in [0.1, 0.15) is 5.75 Å². The maximum Gasteiger partial charge on any atom is 0.298 e. The molecule has 238 valence electrons. The number of methoxy groups -OCH3 is 1. The Labute approximate surface area is 264 Å². The molecule has 3 atom stereocenters. The van der Waals surface area contributed by atoms with E-state index in [4.69, 9.17) is 9.88 Å². The number of nitrogens with two attached hydrogens (primary N) is 1. The Morgan fingerprint density at radius 1 is 1.13 bits per heavy atom. The minimum absolute atomic E-state index is 0.000275. The Kier molecular flexibility index (Phi) is 7.33. The topological polar surface area (TPSA) is 127 Å². The number of fused-ring (bicyclic) bond motifs is 7. The van der Waals surface area contributed by atoms with Crippen molar-refractivity contribution in [3.8, 4) is 17.0 Å². The first kappa shape index (κ1) is 30.0. The number of nitrogens with zero attached hydrogens (tertiary/aromatic N) is 3. The zero-order chi connectivity index (χ0) is 31.7. The van der Waals surface area contributed by atoms with Crippen LogP contribution in [0.15, 0.2) is 49.2 Å². The van der Waals surface area contributed by atoms with Crippen LogP contribution in [0.2, 0.25) is 0 Å². The number of carbonyl (C=O) groups is 2. The number of likely N-dealkylation sites (tertiary alicyclic amines) is 1. The summed E-state index contributed by atoms with van der Waals surface area (Å²) in [5.74, 6) is 0.376. The molecule has 7 rings (SSSR count). The van der Waals surface area contributed by atoms with Gasteiger partial charge in [0.25, 0.3) is 16.1 Å². The van der Waals surface area contributed by atoms with Crippen LogP contribution in [0.4, 0.5) is 0 Å². The van der Waals surface area contributed by atoms with Gasteiger partial charge in [-0.15, -0.1) is 0 Å². The summed E-state index contributed by atoms with van der Waals surface area (Å²) in [6.45, 7) is 6.24. The molecule has 4 aliphatic rings. The van der Waals surface area contributed by atoms with Crippen molar-refractivity contribution in [2.45, 2.75) is 69.4 Å². The molecule has 2 saturated carbocycles. The minimum atomic E-state index is -4.24. The summed E-state index contributed by atoms with van der Waals surface area (Å²) in [6, 6.07) is 11.6. The zero-order valence-corrected chi connectivity index (χ0v) is 26.7. The smallest absolute Gasteiger partial charge is 0.298 e. The number of rotatable bonds is 7. The Balaban J connectivity index is 1.45. The zero-order valence-electron chi connectivity index (χ0n) is 25.9. The van der Waals surface area contributed by atoms with Crippen molar-refractivity contribution in [3.63, 3.8) is 0 Å². The van der Waals surface area contributed by atoms with Crippen LogP contribution in [0.3, 0.4) is 0 Å². The first-order valence-corrected chi connectivity index (χ1v) is 17.4. The summed E-state index contributed by atoms with van der Waals surface area (Å²) in [7, 11) is -0.494.